The minimum Gasteiger partial charge on any atom is -0.497 e. The fourth-order valence-corrected chi connectivity index (χ4v) is 3.15. The van der Waals surface area contributed by atoms with E-state index in [1.54, 1.807) is 25.1 Å². The first-order valence-electron chi connectivity index (χ1n) is 7.53. The predicted molar refractivity (Wildman–Crippen MR) is 95.4 cm³/mol. The van der Waals surface area contributed by atoms with Crippen LogP contribution in [-0.4, -0.2) is 25.9 Å². The number of amides is 1. The molecule has 0 heterocycles. The average molecular weight is 367 g/mol. The topological polar surface area (TPSA) is 47.6 Å². The largest absolute Gasteiger partial charge is 0.497 e. The third-order valence-corrected chi connectivity index (χ3v) is 4.72. The highest BCUT2D eigenvalue weighted by Gasteiger charge is 2.18. The van der Waals surface area contributed by atoms with Crippen molar-refractivity contribution >= 4 is 23.4 Å². The molecule has 0 aromatic heterocycles. The number of nitrogens with one attached hydrogen (secondary N) is 1. The highest BCUT2D eigenvalue weighted by Crippen LogP contribution is 2.33. The highest BCUT2D eigenvalue weighted by atomic mass is 32.2. The molecule has 1 N–H and O–H groups in total. The van der Waals surface area contributed by atoms with Gasteiger partial charge in [-0.1, -0.05) is 6.07 Å². The summed E-state index contributed by atoms with van der Waals surface area (Å²) in [6, 6.07) is 8.76. The Hall–Kier alpha value is -2.28. The van der Waals surface area contributed by atoms with E-state index >= 15 is 0 Å². The molecule has 0 fully saturated rings. The maximum absolute atomic E-state index is 13.8. The molecule has 2 rings (SSSR count). The second kappa shape index (κ2) is 8.71. The lowest BCUT2D eigenvalue weighted by atomic mass is 10.1. The van der Waals surface area contributed by atoms with Crippen LogP contribution < -0.4 is 14.8 Å². The lowest BCUT2D eigenvalue weighted by molar-refractivity contribution is -0.113. The molecule has 4 nitrogen and oxygen atoms in total. The summed E-state index contributed by atoms with van der Waals surface area (Å²) in [5.41, 5.74) is 0.441. The van der Waals surface area contributed by atoms with Gasteiger partial charge in [0.2, 0.25) is 5.91 Å². The lowest BCUT2D eigenvalue weighted by Crippen LogP contribution is -2.15. The molecule has 0 bridgehead atoms. The van der Waals surface area contributed by atoms with E-state index in [0.29, 0.717) is 17.2 Å². The molecule has 134 valence electrons. The van der Waals surface area contributed by atoms with Crippen LogP contribution in [0.2, 0.25) is 0 Å². The van der Waals surface area contributed by atoms with E-state index in [9.17, 15) is 13.6 Å². The molecule has 0 saturated heterocycles. The molecule has 0 radical (unpaired) electrons. The molecule has 25 heavy (non-hydrogen) atoms. The first-order chi connectivity index (χ1) is 12.0. The smallest absolute Gasteiger partial charge is 0.234 e. The zero-order valence-corrected chi connectivity index (χ0v) is 15.0. The van der Waals surface area contributed by atoms with Gasteiger partial charge in [0.25, 0.3) is 0 Å². The van der Waals surface area contributed by atoms with E-state index in [1.165, 1.54) is 32.4 Å². The summed E-state index contributed by atoms with van der Waals surface area (Å²) in [6.07, 6.45) is 0. The van der Waals surface area contributed by atoms with Gasteiger partial charge in [-0.05, 0) is 31.2 Å². The van der Waals surface area contributed by atoms with Crippen molar-refractivity contribution in [1.29, 1.82) is 0 Å². The van der Waals surface area contributed by atoms with E-state index in [4.69, 9.17) is 9.47 Å². The van der Waals surface area contributed by atoms with Crippen LogP contribution in [0.5, 0.6) is 11.5 Å². The second-order valence-electron chi connectivity index (χ2n) is 5.20. The number of benzene rings is 2. The van der Waals surface area contributed by atoms with Gasteiger partial charge in [-0.25, -0.2) is 8.78 Å². The monoisotopic (exact) mass is 367 g/mol. The molecule has 0 spiro atoms. The van der Waals surface area contributed by atoms with Crippen LogP contribution >= 0.6 is 11.8 Å². The summed E-state index contributed by atoms with van der Waals surface area (Å²) in [5, 5.41) is 2.22. The summed E-state index contributed by atoms with van der Waals surface area (Å²) in [6.45, 7) is 1.66. The molecule has 1 unspecified atom stereocenters. The fourth-order valence-electron chi connectivity index (χ4n) is 2.28. The second-order valence-corrected chi connectivity index (χ2v) is 6.53. The summed E-state index contributed by atoms with van der Waals surface area (Å²) in [5.74, 6) is -0.433. The van der Waals surface area contributed by atoms with Crippen molar-refractivity contribution in [3.8, 4) is 11.5 Å². The average Bonchev–Trinajstić information content (AvgIpc) is 2.59. The van der Waals surface area contributed by atoms with E-state index in [-0.39, 0.29) is 17.2 Å². The van der Waals surface area contributed by atoms with Gasteiger partial charge in [0, 0.05) is 16.9 Å². The summed E-state index contributed by atoms with van der Waals surface area (Å²) < 4.78 is 37.9. The highest BCUT2D eigenvalue weighted by molar-refractivity contribution is 8.00. The minimum absolute atomic E-state index is 0.0285. The molecule has 0 saturated carbocycles. The SMILES string of the molecule is COc1ccc(OC)c(NC(=O)CSC(C)c2c(F)cccc2F)c1. The van der Waals surface area contributed by atoms with Crippen molar-refractivity contribution < 1.29 is 23.0 Å². The van der Waals surface area contributed by atoms with Crippen molar-refractivity contribution in [2.45, 2.75) is 12.2 Å². The van der Waals surface area contributed by atoms with Gasteiger partial charge in [-0.2, -0.15) is 0 Å². The maximum atomic E-state index is 13.8. The van der Waals surface area contributed by atoms with Gasteiger partial charge >= 0.3 is 0 Å². The quantitative estimate of drug-likeness (QED) is 0.787. The number of methoxy groups -OCH3 is 2. The number of thioether (sulfide) groups is 1. The van der Waals surface area contributed by atoms with Crippen LogP contribution in [0.25, 0.3) is 0 Å². The Morgan fingerprint density at radius 1 is 1.16 bits per heavy atom. The molecule has 2 aromatic rings. The van der Waals surface area contributed by atoms with Crippen molar-refractivity contribution in [2.24, 2.45) is 0 Å². The summed E-state index contributed by atoms with van der Waals surface area (Å²) in [4.78, 5) is 12.2. The molecule has 1 atom stereocenters. The van der Waals surface area contributed by atoms with Crippen molar-refractivity contribution in [1.82, 2.24) is 0 Å². The molecule has 0 aliphatic rings. The molecule has 7 heteroatoms. The Bertz CT molecular complexity index is 735. The van der Waals surface area contributed by atoms with Crippen LogP contribution in [0.4, 0.5) is 14.5 Å². The summed E-state index contributed by atoms with van der Waals surface area (Å²) >= 11 is 1.14. The van der Waals surface area contributed by atoms with E-state index < -0.39 is 16.9 Å². The number of halogens is 2. The minimum atomic E-state index is -0.616. The molecule has 0 aliphatic heterocycles. The van der Waals surface area contributed by atoms with Crippen LogP contribution in [0.1, 0.15) is 17.7 Å². The number of hydrogen-bond donors (Lipinski definition) is 1. The lowest BCUT2D eigenvalue weighted by Gasteiger charge is -2.15. The molecule has 0 aliphatic carbocycles. The third-order valence-electron chi connectivity index (χ3n) is 3.55. The van der Waals surface area contributed by atoms with Crippen molar-refractivity contribution in [2.75, 3.05) is 25.3 Å². The number of rotatable bonds is 7. The number of anilines is 1. The van der Waals surface area contributed by atoms with Crippen molar-refractivity contribution in [3.05, 3.63) is 53.6 Å². The Morgan fingerprint density at radius 2 is 1.84 bits per heavy atom. The summed E-state index contributed by atoms with van der Waals surface area (Å²) in [7, 11) is 3.02. The number of ether oxygens (including phenoxy) is 2. The van der Waals surface area contributed by atoms with Crippen LogP contribution in [-0.2, 0) is 4.79 Å². The van der Waals surface area contributed by atoms with E-state index in [1.807, 2.05) is 0 Å². The number of hydrogen-bond acceptors (Lipinski definition) is 4. The Morgan fingerprint density at radius 3 is 2.44 bits per heavy atom. The van der Waals surface area contributed by atoms with Crippen LogP contribution in [0.15, 0.2) is 36.4 Å². The fraction of sp³-hybridized carbons (Fsp3) is 0.278. The number of carbonyl (C=O) groups excluding carboxylic acids is 1. The zero-order valence-electron chi connectivity index (χ0n) is 14.1. The van der Waals surface area contributed by atoms with Gasteiger partial charge in [-0.15, -0.1) is 11.8 Å². The first-order valence-corrected chi connectivity index (χ1v) is 8.58. The van der Waals surface area contributed by atoms with E-state index in [2.05, 4.69) is 5.32 Å². The normalized spacial score (nSPS) is 11.7. The zero-order chi connectivity index (χ0) is 18.4. The molecule has 1 amide bonds. The van der Waals surface area contributed by atoms with E-state index in [0.717, 1.165) is 11.8 Å². The molecular formula is C18H19F2NO3S. The van der Waals surface area contributed by atoms with Gasteiger partial charge in [0.15, 0.2) is 0 Å². The van der Waals surface area contributed by atoms with Crippen LogP contribution in [0, 0.1) is 11.6 Å². The first kappa shape index (κ1) is 19.1. The standard InChI is InChI=1S/C18H19F2NO3S/c1-11(18-13(19)5-4-6-14(18)20)25-10-17(22)21-15-9-12(23-2)7-8-16(15)24-3/h4-9,11H,10H2,1-3H3,(H,21,22). The van der Waals surface area contributed by atoms with Gasteiger partial charge < -0.3 is 14.8 Å². The molecular weight excluding hydrogens is 348 g/mol. The van der Waals surface area contributed by atoms with Gasteiger partial charge in [-0.3, -0.25) is 4.79 Å². The van der Waals surface area contributed by atoms with Crippen LogP contribution in [0.3, 0.4) is 0 Å². The van der Waals surface area contributed by atoms with Gasteiger partial charge in [0.1, 0.15) is 23.1 Å². The maximum Gasteiger partial charge on any atom is 0.234 e. The third kappa shape index (κ3) is 4.85. The van der Waals surface area contributed by atoms with Crippen molar-refractivity contribution in [3.63, 3.8) is 0 Å². The molecule has 2 aromatic carbocycles. The Balaban J connectivity index is 2.01. The Kier molecular flexibility index (Phi) is 6.64. The van der Waals surface area contributed by atoms with Gasteiger partial charge in [0.05, 0.1) is 25.7 Å². The Labute approximate surface area is 149 Å². The predicted octanol–water partition coefficient (Wildman–Crippen LogP) is 4.41. The number of carbonyl (C=O) groups is 1.